The maximum Gasteiger partial charge on any atom is 0.338 e. The van der Waals surface area contributed by atoms with Gasteiger partial charge in [-0.05, 0) is 55.7 Å². The molecule has 0 saturated carbocycles. The van der Waals surface area contributed by atoms with Gasteiger partial charge in [0.15, 0.2) is 0 Å². The summed E-state index contributed by atoms with van der Waals surface area (Å²) in [7, 11) is 0. The lowest BCUT2D eigenvalue weighted by atomic mass is 9.96. The highest BCUT2D eigenvalue weighted by Crippen LogP contribution is 2.36. The molecule has 0 bridgehead atoms. The Balaban J connectivity index is 1.56. The Hall–Kier alpha value is -3.93. The molecule has 6 nitrogen and oxygen atoms in total. The highest BCUT2D eigenvalue weighted by atomic mass is 16.5. The van der Waals surface area contributed by atoms with Crippen molar-refractivity contribution in [3.05, 3.63) is 89.7 Å². The fourth-order valence-corrected chi connectivity index (χ4v) is 4.33. The van der Waals surface area contributed by atoms with E-state index in [0.717, 1.165) is 40.7 Å². The number of amides is 1. The normalized spacial score (nSPS) is 13.1. The molecule has 1 aliphatic rings. The summed E-state index contributed by atoms with van der Waals surface area (Å²) in [4.78, 5) is 27.1. The summed E-state index contributed by atoms with van der Waals surface area (Å²) in [6.45, 7) is 2.83. The number of nitrogens with zero attached hydrogens (tertiary/aromatic N) is 3. The van der Waals surface area contributed by atoms with Gasteiger partial charge in [0.05, 0.1) is 29.6 Å². The predicted octanol–water partition coefficient (Wildman–Crippen LogP) is 4.77. The summed E-state index contributed by atoms with van der Waals surface area (Å²) >= 11 is 0. The summed E-state index contributed by atoms with van der Waals surface area (Å²) in [6, 6.07) is 18.7. The number of hydrogen-bond donors (Lipinski definition) is 0. The largest absolute Gasteiger partial charge is 0.462 e. The van der Waals surface area contributed by atoms with Crippen LogP contribution in [0.25, 0.3) is 16.6 Å². The van der Waals surface area contributed by atoms with Crippen molar-refractivity contribution in [2.24, 2.45) is 0 Å². The number of hydrogen-bond acceptors (Lipinski definition) is 4. The number of esters is 1. The molecule has 0 fully saturated rings. The van der Waals surface area contributed by atoms with Crippen LogP contribution in [-0.2, 0) is 11.2 Å². The molecule has 0 saturated heterocycles. The molecule has 0 spiro atoms. The van der Waals surface area contributed by atoms with Crippen LogP contribution in [0.1, 0.15) is 39.6 Å². The van der Waals surface area contributed by atoms with E-state index < -0.39 is 0 Å². The molecule has 1 amide bonds. The Bertz CT molecular complexity index is 1290. The molecule has 3 heterocycles. The fourth-order valence-electron chi connectivity index (χ4n) is 4.33. The number of aryl methyl sites for hydroxylation is 1. The van der Waals surface area contributed by atoms with Crippen molar-refractivity contribution < 1.29 is 14.3 Å². The van der Waals surface area contributed by atoms with Gasteiger partial charge in [-0.3, -0.25) is 4.79 Å². The second-order valence-electron chi connectivity index (χ2n) is 7.76. The lowest BCUT2D eigenvalue weighted by Crippen LogP contribution is -2.35. The van der Waals surface area contributed by atoms with E-state index in [9.17, 15) is 9.59 Å². The smallest absolute Gasteiger partial charge is 0.338 e. The van der Waals surface area contributed by atoms with Crippen molar-refractivity contribution >= 4 is 23.1 Å². The molecule has 5 rings (SSSR count). The van der Waals surface area contributed by atoms with E-state index in [-0.39, 0.29) is 11.9 Å². The van der Waals surface area contributed by atoms with Gasteiger partial charge in [-0.25, -0.2) is 9.31 Å². The molecule has 160 valence electrons. The van der Waals surface area contributed by atoms with Crippen LogP contribution < -0.4 is 4.90 Å². The summed E-state index contributed by atoms with van der Waals surface area (Å²) in [5.74, 6) is -0.317. The minimum absolute atomic E-state index is 0.00996. The average Bonchev–Trinajstić information content (AvgIpc) is 3.29. The monoisotopic (exact) mass is 425 g/mol. The van der Waals surface area contributed by atoms with Gasteiger partial charge in [-0.2, -0.15) is 5.10 Å². The quantitative estimate of drug-likeness (QED) is 0.442. The van der Waals surface area contributed by atoms with Crippen molar-refractivity contribution in [3.8, 4) is 11.1 Å². The molecular formula is C26H23N3O3. The Kier molecular flexibility index (Phi) is 5.19. The Morgan fingerprint density at radius 1 is 1.00 bits per heavy atom. The second-order valence-corrected chi connectivity index (χ2v) is 7.76. The molecule has 2 aromatic heterocycles. The van der Waals surface area contributed by atoms with E-state index in [1.165, 1.54) is 0 Å². The molecule has 0 N–H and O–H groups in total. The van der Waals surface area contributed by atoms with Crippen LogP contribution in [0.5, 0.6) is 0 Å². The lowest BCUT2D eigenvalue weighted by molar-refractivity contribution is 0.0526. The van der Waals surface area contributed by atoms with Crippen molar-refractivity contribution in [3.63, 3.8) is 0 Å². The number of ether oxygens (including phenoxy) is 1. The third-order valence-electron chi connectivity index (χ3n) is 5.84. The Labute approximate surface area is 186 Å². The lowest BCUT2D eigenvalue weighted by Gasteiger charge is -2.30. The number of pyridine rings is 1. The number of benzene rings is 2. The van der Waals surface area contributed by atoms with Gasteiger partial charge in [-0.1, -0.05) is 30.3 Å². The second kappa shape index (κ2) is 8.30. The van der Waals surface area contributed by atoms with Crippen molar-refractivity contribution in [2.75, 3.05) is 18.1 Å². The maximum absolute atomic E-state index is 13.2. The SMILES string of the molecule is CCOC(=O)c1ccc(-c2cnn3ccc4c(c23)CCCN4C(=O)c2ccccc2)cc1. The number of rotatable bonds is 4. The van der Waals surface area contributed by atoms with Crippen molar-refractivity contribution in [1.29, 1.82) is 0 Å². The van der Waals surface area contributed by atoms with E-state index in [1.54, 1.807) is 19.1 Å². The summed E-state index contributed by atoms with van der Waals surface area (Å²) in [6.07, 6.45) is 5.50. The minimum atomic E-state index is -0.327. The molecule has 0 radical (unpaired) electrons. The van der Waals surface area contributed by atoms with Gasteiger partial charge in [0.2, 0.25) is 0 Å². The number of carbonyl (C=O) groups excluding carboxylic acids is 2. The van der Waals surface area contributed by atoms with Gasteiger partial charge < -0.3 is 9.64 Å². The Morgan fingerprint density at radius 3 is 2.53 bits per heavy atom. The summed E-state index contributed by atoms with van der Waals surface area (Å²) in [5, 5.41) is 4.54. The van der Waals surface area contributed by atoms with Crippen LogP contribution in [-0.4, -0.2) is 34.6 Å². The van der Waals surface area contributed by atoms with Gasteiger partial charge in [-0.15, -0.1) is 0 Å². The van der Waals surface area contributed by atoms with Crippen molar-refractivity contribution in [1.82, 2.24) is 9.61 Å². The van der Waals surface area contributed by atoms with Crippen LogP contribution >= 0.6 is 0 Å². The van der Waals surface area contributed by atoms with E-state index in [0.29, 0.717) is 24.3 Å². The first kappa shape index (κ1) is 20.0. The topological polar surface area (TPSA) is 63.9 Å². The van der Waals surface area contributed by atoms with E-state index in [1.807, 2.05) is 70.3 Å². The number of aromatic nitrogens is 2. The first-order valence-electron chi connectivity index (χ1n) is 10.8. The van der Waals surface area contributed by atoms with Gasteiger partial charge >= 0.3 is 5.97 Å². The zero-order valence-electron chi connectivity index (χ0n) is 17.8. The summed E-state index contributed by atoms with van der Waals surface area (Å²) < 4.78 is 6.95. The van der Waals surface area contributed by atoms with Crippen LogP contribution in [0, 0.1) is 0 Å². The van der Waals surface area contributed by atoms with Gasteiger partial charge in [0.1, 0.15) is 0 Å². The van der Waals surface area contributed by atoms with E-state index in [2.05, 4.69) is 5.10 Å². The van der Waals surface area contributed by atoms with Gasteiger partial charge in [0.25, 0.3) is 5.91 Å². The number of anilines is 1. The minimum Gasteiger partial charge on any atom is -0.462 e. The average molecular weight is 425 g/mol. The highest BCUT2D eigenvalue weighted by Gasteiger charge is 2.26. The molecule has 4 aromatic rings. The highest BCUT2D eigenvalue weighted by molar-refractivity contribution is 6.07. The zero-order chi connectivity index (χ0) is 22.1. The van der Waals surface area contributed by atoms with Crippen LogP contribution in [0.3, 0.4) is 0 Å². The molecule has 6 heteroatoms. The standard InChI is InChI=1S/C26H23N3O3/c1-2-32-26(31)20-12-10-18(11-13-20)22-17-27-29-16-14-23-21(24(22)29)9-6-15-28(23)25(30)19-7-4-3-5-8-19/h3-5,7-8,10-14,16-17H,2,6,9,15H2,1H3. The molecule has 0 unspecified atom stereocenters. The number of fused-ring (bicyclic) bond motifs is 3. The molecule has 2 aromatic carbocycles. The molecular weight excluding hydrogens is 402 g/mol. The van der Waals surface area contributed by atoms with Crippen LogP contribution in [0.4, 0.5) is 5.69 Å². The third-order valence-corrected chi connectivity index (χ3v) is 5.84. The zero-order valence-corrected chi connectivity index (χ0v) is 17.8. The van der Waals surface area contributed by atoms with Crippen LogP contribution in [0.2, 0.25) is 0 Å². The van der Waals surface area contributed by atoms with E-state index >= 15 is 0 Å². The number of carbonyl (C=O) groups is 2. The van der Waals surface area contributed by atoms with Gasteiger partial charge in [0, 0.05) is 29.4 Å². The molecule has 32 heavy (non-hydrogen) atoms. The first-order valence-corrected chi connectivity index (χ1v) is 10.8. The maximum atomic E-state index is 13.2. The summed E-state index contributed by atoms with van der Waals surface area (Å²) in [5.41, 5.74) is 6.20. The Morgan fingerprint density at radius 2 is 1.78 bits per heavy atom. The third kappa shape index (κ3) is 3.43. The van der Waals surface area contributed by atoms with Crippen molar-refractivity contribution in [2.45, 2.75) is 19.8 Å². The molecule has 0 aliphatic carbocycles. The first-order chi connectivity index (χ1) is 15.7. The van der Waals surface area contributed by atoms with Crippen LogP contribution in [0.15, 0.2) is 73.1 Å². The molecule has 1 aliphatic heterocycles. The fraction of sp³-hybridized carbons (Fsp3) is 0.192. The van der Waals surface area contributed by atoms with E-state index in [4.69, 9.17) is 4.74 Å². The predicted molar refractivity (Wildman–Crippen MR) is 123 cm³/mol. The molecule has 0 atom stereocenters.